The number of hydrogen-bond donors (Lipinski definition) is 1. The molecule has 0 saturated carbocycles. The fourth-order valence-corrected chi connectivity index (χ4v) is 2.24. The summed E-state index contributed by atoms with van der Waals surface area (Å²) in [5.74, 6) is 0.408. The predicted octanol–water partition coefficient (Wildman–Crippen LogP) is 4.29. The van der Waals surface area contributed by atoms with Gasteiger partial charge in [0.25, 0.3) is 5.91 Å². The molecule has 0 aliphatic carbocycles. The van der Waals surface area contributed by atoms with Gasteiger partial charge in [-0.25, -0.2) is 0 Å². The number of amides is 1. The van der Waals surface area contributed by atoms with Crippen LogP contribution in [0.2, 0.25) is 0 Å². The maximum absolute atomic E-state index is 12.3. The summed E-state index contributed by atoms with van der Waals surface area (Å²) in [5, 5.41) is 2.79. The second-order valence-corrected chi connectivity index (χ2v) is 6.89. The van der Waals surface area contributed by atoms with Crippen molar-refractivity contribution >= 4 is 17.6 Å². The molecule has 2 aromatic rings. The van der Waals surface area contributed by atoms with E-state index in [1.807, 2.05) is 20.8 Å². The van der Waals surface area contributed by atoms with Crippen LogP contribution in [-0.2, 0) is 4.79 Å². The molecule has 0 heterocycles. The lowest BCUT2D eigenvalue weighted by molar-refractivity contribution is -0.136. The number of anilines is 1. The first kappa shape index (κ1) is 18.5. The minimum atomic E-state index is -0.279. The highest BCUT2D eigenvalue weighted by Crippen LogP contribution is 2.23. The van der Waals surface area contributed by atoms with E-state index >= 15 is 0 Å². The molecule has 0 fully saturated rings. The lowest BCUT2D eigenvalue weighted by atomic mass is 9.92. The third-order valence-corrected chi connectivity index (χ3v) is 3.37. The van der Waals surface area contributed by atoms with Crippen LogP contribution >= 0.6 is 0 Å². The molecule has 0 aromatic heterocycles. The molecule has 0 spiro atoms. The van der Waals surface area contributed by atoms with Crippen molar-refractivity contribution in [1.82, 2.24) is 0 Å². The van der Waals surface area contributed by atoms with E-state index < -0.39 is 0 Å². The molecule has 2 rings (SSSR count). The maximum Gasteiger partial charge on any atom is 0.311 e. The van der Waals surface area contributed by atoms with Crippen molar-refractivity contribution in [3.05, 3.63) is 54.1 Å². The van der Waals surface area contributed by atoms with Gasteiger partial charge in [-0.2, -0.15) is 0 Å². The molecule has 2 aromatic carbocycles. The number of rotatable bonds is 5. The van der Waals surface area contributed by atoms with Gasteiger partial charge in [0.2, 0.25) is 0 Å². The van der Waals surface area contributed by atoms with Crippen LogP contribution in [0.4, 0.5) is 5.69 Å². The second kappa shape index (κ2) is 7.83. The Morgan fingerprint density at radius 3 is 2.24 bits per heavy atom. The lowest BCUT2D eigenvalue weighted by Gasteiger charge is -2.16. The summed E-state index contributed by atoms with van der Waals surface area (Å²) in [4.78, 5) is 24.2. The van der Waals surface area contributed by atoms with E-state index in [4.69, 9.17) is 9.47 Å². The molecule has 1 amide bonds. The zero-order valence-corrected chi connectivity index (χ0v) is 15.0. The van der Waals surface area contributed by atoms with Gasteiger partial charge in [-0.3, -0.25) is 9.59 Å². The van der Waals surface area contributed by atoms with Crippen LogP contribution in [0.1, 0.15) is 37.6 Å². The molecular weight excluding hydrogens is 318 g/mol. The SMILES string of the molecule is COc1ccccc1C(=O)Nc1ccc(OC(=O)CC(C)(C)C)cc1. The average Bonchev–Trinajstić information content (AvgIpc) is 2.54. The molecule has 25 heavy (non-hydrogen) atoms. The number of methoxy groups -OCH3 is 1. The van der Waals surface area contributed by atoms with E-state index in [1.54, 1.807) is 48.5 Å². The number of carbonyl (C=O) groups excluding carboxylic acids is 2. The van der Waals surface area contributed by atoms with E-state index in [1.165, 1.54) is 7.11 Å². The molecule has 0 aliphatic rings. The molecule has 0 atom stereocenters. The van der Waals surface area contributed by atoms with Gasteiger partial charge in [0.05, 0.1) is 19.1 Å². The van der Waals surface area contributed by atoms with E-state index in [2.05, 4.69) is 5.32 Å². The van der Waals surface area contributed by atoms with Gasteiger partial charge in [0, 0.05) is 5.69 Å². The predicted molar refractivity (Wildman–Crippen MR) is 97.1 cm³/mol. The molecule has 0 bridgehead atoms. The third-order valence-electron chi connectivity index (χ3n) is 3.37. The van der Waals surface area contributed by atoms with E-state index in [9.17, 15) is 9.59 Å². The molecule has 0 unspecified atom stereocenters. The highest BCUT2D eigenvalue weighted by molar-refractivity contribution is 6.06. The van der Waals surface area contributed by atoms with Gasteiger partial charge >= 0.3 is 5.97 Å². The van der Waals surface area contributed by atoms with Crippen LogP contribution in [0.3, 0.4) is 0 Å². The molecule has 0 radical (unpaired) electrons. The largest absolute Gasteiger partial charge is 0.496 e. The summed E-state index contributed by atoms with van der Waals surface area (Å²) in [5.41, 5.74) is 0.928. The molecule has 5 nitrogen and oxygen atoms in total. The fourth-order valence-electron chi connectivity index (χ4n) is 2.24. The Bertz CT molecular complexity index is 745. The number of nitrogens with one attached hydrogen (secondary N) is 1. The van der Waals surface area contributed by atoms with Crippen molar-refractivity contribution in [2.24, 2.45) is 5.41 Å². The minimum Gasteiger partial charge on any atom is -0.496 e. The van der Waals surface area contributed by atoms with Gasteiger partial charge in [-0.15, -0.1) is 0 Å². The van der Waals surface area contributed by atoms with Crippen molar-refractivity contribution in [3.8, 4) is 11.5 Å². The Labute approximate surface area is 148 Å². The summed E-state index contributed by atoms with van der Waals surface area (Å²) < 4.78 is 10.5. The van der Waals surface area contributed by atoms with Crippen molar-refractivity contribution in [2.75, 3.05) is 12.4 Å². The van der Waals surface area contributed by atoms with E-state index in [0.29, 0.717) is 29.2 Å². The smallest absolute Gasteiger partial charge is 0.311 e. The van der Waals surface area contributed by atoms with Gasteiger partial charge < -0.3 is 14.8 Å². The Kier molecular flexibility index (Phi) is 5.80. The summed E-state index contributed by atoms with van der Waals surface area (Å²) in [6, 6.07) is 13.7. The molecular formula is C20H23NO4. The Morgan fingerprint density at radius 1 is 1.00 bits per heavy atom. The normalized spacial score (nSPS) is 10.9. The van der Waals surface area contributed by atoms with Crippen LogP contribution in [0.15, 0.2) is 48.5 Å². The zero-order valence-electron chi connectivity index (χ0n) is 15.0. The zero-order chi connectivity index (χ0) is 18.4. The van der Waals surface area contributed by atoms with Crippen molar-refractivity contribution in [1.29, 1.82) is 0 Å². The number of para-hydroxylation sites is 1. The fraction of sp³-hybridized carbons (Fsp3) is 0.300. The van der Waals surface area contributed by atoms with Crippen LogP contribution in [0.25, 0.3) is 0 Å². The highest BCUT2D eigenvalue weighted by atomic mass is 16.5. The number of ether oxygens (including phenoxy) is 2. The number of benzene rings is 2. The Morgan fingerprint density at radius 2 is 1.64 bits per heavy atom. The summed E-state index contributed by atoms with van der Waals surface area (Å²) in [6.45, 7) is 5.93. The maximum atomic E-state index is 12.3. The third kappa shape index (κ3) is 5.64. The topological polar surface area (TPSA) is 64.6 Å². The Hall–Kier alpha value is -2.82. The first-order valence-corrected chi connectivity index (χ1v) is 8.03. The Balaban J connectivity index is 2.00. The molecule has 1 N–H and O–H groups in total. The van der Waals surface area contributed by atoms with Crippen LogP contribution in [-0.4, -0.2) is 19.0 Å². The monoisotopic (exact) mass is 341 g/mol. The van der Waals surface area contributed by atoms with Crippen LogP contribution < -0.4 is 14.8 Å². The quantitative estimate of drug-likeness (QED) is 0.651. The first-order chi connectivity index (χ1) is 11.8. The number of carbonyl (C=O) groups is 2. The second-order valence-electron chi connectivity index (χ2n) is 6.89. The summed E-state index contributed by atoms with van der Waals surface area (Å²) in [7, 11) is 1.52. The van der Waals surface area contributed by atoms with Gasteiger partial charge in [-0.05, 0) is 41.8 Å². The average molecular weight is 341 g/mol. The highest BCUT2D eigenvalue weighted by Gasteiger charge is 2.17. The lowest BCUT2D eigenvalue weighted by Crippen LogP contribution is -2.17. The summed E-state index contributed by atoms with van der Waals surface area (Å²) >= 11 is 0. The van der Waals surface area contributed by atoms with E-state index in [0.717, 1.165) is 0 Å². The molecule has 132 valence electrons. The molecule has 0 aliphatic heterocycles. The van der Waals surface area contributed by atoms with Crippen molar-refractivity contribution in [2.45, 2.75) is 27.2 Å². The number of hydrogen-bond acceptors (Lipinski definition) is 4. The summed E-state index contributed by atoms with van der Waals surface area (Å²) in [6.07, 6.45) is 0.333. The van der Waals surface area contributed by atoms with Crippen LogP contribution in [0, 0.1) is 5.41 Å². The molecule has 5 heteroatoms. The molecule has 0 saturated heterocycles. The number of esters is 1. The van der Waals surface area contributed by atoms with Gasteiger partial charge in [0.1, 0.15) is 11.5 Å². The standard InChI is InChI=1S/C20H23NO4/c1-20(2,3)13-18(22)25-15-11-9-14(10-12-15)21-19(23)16-7-5-6-8-17(16)24-4/h5-12H,13H2,1-4H3,(H,21,23). The van der Waals surface area contributed by atoms with Gasteiger partial charge in [0.15, 0.2) is 0 Å². The van der Waals surface area contributed by atoms with Crippen molar-refractivity contribution in [3.63, 3.8) is 0 Å². The minimum absolute atomic E-state index is 0.125. The van der Waals surface area contributed by atoms with Crippen LogP contribution in [0.5, 0.6) is 11.5 Å². The van der Waals surface area contributed by atoms with E-state index in [-0.39, 0.29) is 17.3 Å². The van der Waals surface area contributed by atoms with Gasteiger partial charge in [-0.1, -0.05) is 32.9 Å². The van der Waals surface area contributed by atoms with Crippen molar-refractivity contribution < 1.29 is 19.1 Å². The first-order valence-electron chi connectivity index (χ1n) is 8.03.